The molecule has 0 aromatic heterocycles. The van der Waals surface area contributed by atoms with Crippen molar-refractivity contribution >= 4 is 40.9 Å². The fourth-order valence-electron chi connectivity index (χ4n) is 5.76. The Morgan fingerprint density at radius 1 is 1.00 bits per heavy atom. The molecule has 2 aliphatic rings. The molecule has 1 aliphatic carbocycles. The molecule has 0 bridgehead atoms. The first-order valence-corrected chi connectivity index (χ1v) is 13.9. The molecule has 0 saturated heterocycles. The number of aliphatic hydroxyl groups excluding tert-OH is 1. The predicted molar refractivity (Wildman–Crippen MR) is 151 cm³/mol. The van der Waals surface area contributed by atoms with Crippen LogP contribution in [0, 0.1) is 0 Å². The van der Waals surface area contributed by atoms with E-state index in [1.54, 1.807) is 71.6 Å². The quantitative estimate of drug-likeness (QED) is 0.342. The van der Waals surface area contributed by atoms with Crippen LogP contribution in [-0.4, -0.2) is 39.9 Å². The summed E-state index contributed by atoms with van der Waals surface area (Å²) in [7, 11) is 0. The maximum absolute atomic E-state index is 14.0. The highest BCUT2D eigenvalue weighted by Crippen LogP contribution is 2.47. The zero-order chi connectivity index (χ0) is 28.4. The number of halogens is 2. The zero-order valence-corrected chi connectivity index (χ0v) is 23.1. The van der Waals surface area contributed by atoms with Gasteiger partial charge in [0, 0.05) is 21.2 Å². The Morgan fingerprint density at radius 3 is 2.52 bits per heavy atom. The number of carbonyl (C=O) groups is 3. The van der Waals surface area contributed by atoms with Crippen LogP contribution in [0.15, 0.2) is 66.7 Å². The van der Waals surface area contributed by atoms with Crippen LogP contribution in [0.5, 0.6) is 0 Å². The summed E-state index contributed by atoms with van der Waals surface area (Å²) in [5.74, 6) is -2.23. The molecule has 1 heterocycles. The number of benzene rings is 3. The van der Waals surface area contributed by atoms with Crippen molar-refractivity contribution < 1.29 is 24.3 Å². The summed E-state index contributed by atoms with van der Waals surface area (Å²) in [6.45, 7) is -0.0163. The summed E-state index contributed by atoms with van der Waals surface area (Å²) in [6, 6.07) is 17.2. The van der Waals surface area contributed by atoms with E-state index in [1.165, 1.54) is 0 Å². The molecule has 4 atom stereocenters. The van der Waals surface area contributed by atoms with E-state index in [0.29, 0.717) is 50.7 Å². The first-order valence-electron chi connectivity index (χ1n) is 13.1. The van der Waals surface area contributed by atoms with Gasteiger partial charge in [-0.3, -0.25) is 19.2 Å². The van der Waals surface area contributed by atoms with Gasteiger partial charge in [-0.25, -0.2) is 5.48 Å². The molecular weight excluding hydrogens is 553 g/mol. The first-order chi connectivity index (χ1) is 19.3. The normalized spacial score (nSPS) is 22.5. The third kappa shape index (κ3) is 5.58. The molecule has 1 fully saturated rings. The van der Waals surface area contributed by atoms with Crippen LogP contribution in [0.3, 0.4) is 0 Å². The van der Waals surface area contributed by atoms with Crippen molar-refractivity contribution in [3.8, 4) is 0 Å². The number of nitrogens with two attached hydrogens (primary N) is 1. The first kappa shape index (κ1) is 28.1. The van der Waals surface area contributed by atoms with E-state index in [0.717, 1.165) is 12.8 Å². The number of carbonyl (C=O) groups excluding carboxylic acids is 3. The van der Waals surface area contributed by atoms with Crippen molar-refractivity contribution in [3.63, 3.8) is 0 Å². The second kappa shape index (κ2) is 12.0. The van der Waals surface area contributed by atoms with E-state index in [4.69, 9.17) is 33.8 Å². The van der Waals surface area contributed by atoms with E-state index in [1.807, 2.05) is 0 Å². The Morgan fingerprint density at radius 2 is 1.77 bits per heavy atom. The van der Waals surface area contributed by atoms with Crippen LogP contribution >= 0.6 is 23.2 Å². The largest absolute Gasteiger partial charge is 0.391 e. The summed E-state index contributed by atoms with van der Waals surface area (Å²) in [5.41, 5.74) is 10.3. The van der Waals surface area contributed by atoms with E-state index in [-0.39, 0.29) is 12.5 Å². The third-order valence-corrected chi connectivity index (χ3v) is 8.18. The van der Waals surface area contributed by atoms with E-state index in [2.05, 4.69) is 5.48 Å². The highest BCUT2D eigenvalue weighted by atomic mass is 35.5. The van der Waals surface area contributed by atoms with Gasteiger partial charge in [0.15, 0.2) is 0 Å². The molecule has 40 heavy (non-hydrogen) atoms. The topological polar surface area (TPSA) is 122 Å². The highest BCUT2D eigenvalue weighted by molar-refractivity contribution is 6.35. The minimum Gasteiger partial charge on any atom is -0.391 e. The Labute approximate surface area is 242 Å². The van der Waals surface area contributed by atoms with Gasteiger partial charge in [0.1, 0.15) is 0 Å². The van der Waals surface area contributed by atoms with Gasteiger partial charge in [-0.1, -0.05) is 72.4 Å². The lowest BCUT2D eigenvalue weighted by molar-refractivity contribution is -0.138. The van der Waals surface area contributed by atoms with Gasteiger partial charge >= 0.3 is 0 Å². The number of fused-ring (bicyclic) bond motifs is 1. The van der Waals surface area contributed by atoms with Crippen LogP contribution in [0.4, 0.5) is 0 Å². The van der Waals surface area contributed by atoms with Gasteiger partial charge < -0.3 is 15.7 Å². The van der Waals surface area contributed by atoms with Gasteiger partial charge in [-0.2, -0.15) is 0 Å². The van der Waals surface area contributed by atoms with Gasteiger partial charge in [0.25, 0.3) is 11.8 Å². The van der Waals surface area contributed by atoms with Crippen molar-refractivity contribution in [1.29, 1.82) is 0 Å². The standard InChI is InChI=1S/C30H29Cl2N3O5/c31-19-12-13-22(23(32)15-19)27-26(29(38)34-40-16-17-6-5-7-18(14-17)28(33)37)20-8-1-2-9-21(20)30(39)35(27)24-10-3-4-11-25(24)36/h1-2,5-9,12-15,24-27,36H,3-4,10-11,16H2,(H2,33,37)(H,34,38)/t24-,25-,26+,27-/m0/s1. The Kier molecular flexibility index (Phi) is 8.42. The molecule has 3 amide bonds. The monoisotopic (exact) mass is 581 g/mol. The zero-order valence-electron chi connectivity index (χ0n) is 21.6. The van der Waals surface area contributed by atoms with Gasteiger partial charge in [0.05, 0.1) is 30.7 Å². The number of aliphatic hydroxyl groups is 1. The third-order valence-electron chi connectivity index (χ3n) is 7.61. The molecule has 208 valence electrons. The van der Waals surface area contributed by atoms with Crippen molar-refractivity contribution in [2.45, 2.75) is 56.4 Å². The SMILES string of the molecule is NC(=O)c1cccc(CONC(=O)[C@@H]2c3ccccc3C(=O)N([C@H]3CCCC[C@@H]3O)[C@H]2c2ccc(Cl)cc2Cl)c1. The Bertz CT molecular complexity index is 1450. The number of nitrogens with one attached hydrogen (secondary N) is 1. The molecule has 0 radical (unpaired) electrons. The van der Waals surface area contributed by atoms with Crippen LogP contribution < -0.4 is 11.2 Å². The number of hydrogen-bond donors (Lipinski definition) is 3. The second-order valence-corrected chi connectivity index (χ2v) is 11.0. The second-order valence-electron chi connectivity index (χ2n) is 10.1. The maximum Gasteiger partial charge on any atom is 0.255 e. The van der Waals surface area contributed by atoms with Gasteiger partial charge in [0.2, 0.25) is 5.91 Å². The van der Waals surface area contributed by atoms with Crippen LogP contribution in [-0.2, 0) is 16.2 Å². The van der Waals surface area contributed by atoms with Crippen LogP contribution in [0.1, 0.15) is 75.0 Å². The maximum atomic E-state index is 14.0. The molecular formula is C30H29Cl2N3O5. The number of nitrogens with zero attached hydrogens (tertiary/aromatic N) is 1. The Hall–Kier alpha value is -3.43. The number of primary amides is 1. The lowest BCUT2D eigenvalue weighted by atomic mass is 9.77. The summed E-state index contributed by atoms with van der Waals surface area (Å²) in [5, 5.41) is 11.7. The average Bonchev–Trinajstić information content (AvgIpc) is 2.94. The number of rotatable bonds is 7. The summed E-state index contributed by atoms with van der Waals surface area (Å²) < 4.78 is 0. The van der Waals surface area contributed by atoms with Crippen molar-refractivity contribution in [2.24, 2.45) is 5.73 Å². The molecule has 3 aromatic carbocycles. The fraction of sp³-hybridized carbons (Fsp3) is 0.300. The average molecular weight is 582 g/mol. The summed E-state index contributed by atoms with van der Waals surface area (Å²) in [4.78, 5) is 46.7. The highest BCUT2D eigenvalue weighted by Gasteiger charge is 2.49. The fourth-order valence-corrected chi connectivity index (χ4v) is 6.28. The van der Waals surface area contributed by atoms with Crippen molar-refractivity contribution in [2.75, 3.05) is 0 Å². The minimum atomic E-state index is -0.904. The van der Waals surface area contributed by atoms with Crippen molar-refractivity contribution in [1.82, 2.24) is 10.4 Å². The van der Waals surface area contributed by atoms with Crippen LogP contribution in [0.2, 0.25) is 10.0 Å². The number of hydroxylamine groups is 1. The molecule has 5 rings (SSSR count). The summed E-state index contributed by atoms with van der Waals surface area (Å²) >= 11 is 12.9. The molecule has 1 saturated carbocycles. The Balaban J connectivity index is 1.53. The van der Waals surface area contributed by atoms with Gasteiger partial charge in [-0.15, -0.1) is 0 Å². The predicted octanol–water partition coefficient (Wildman–Crippen LogP) is 4.92. The molecule has 8 nitrogen and oxygen atoms in total. The van der Waals surface area contributed by atoms with E-state index < -0.39 is 35.9 Å². The molecule has 10 heteroatoms. The number of amides is 3. The smallest absolute Gasteiger partial charge is 0.255 e. The van der Waals surface area contributed by atoms with Crippen LogP contribution in [0.25, 0.3) is 0 Å². The molecule has 0 spiro atoms. The number of hydrogen-bond acceptors (Lipinski definition) is 5. The molecule has 0 unspecified atom stereocenters. The summed E-state index contributed by atoms with van der Waals surface area (Å²) in [6.07, 6.45) is 2.11. The lowest BCUT2D eigenvalue weighted by Gasteiger charge is -2.48. The van der Waals surface area contributed by atoms with Gasteiger partial charge in [-0.05, 0) is 59.9 Å². The molecule has 3 aromatic rings. The van der Waals surface area contributed by atoms with E-state index in [9.17, 15) is 19.5 Å². The molecule has 4 N–H and O–H groups in total. The van der Waals surface area contributed by atoms with E-state index >= 15 is 0 Å². The van der Waals surface area contributed by atoms with Crippen molar-refractivity contribution in [3.05, 3.63) is 105 Å². The minimum absolute atomic E-state index is 0.0163. The lowest BCUT2D eigenvalue weighted by Crippen LogP contribution is -2.55. The molecule has 1 aliphatic heterocycles.